The first kappa shape index (κ1) is 10.6. The predicted molar refractivity (Wildman–Crippen MR) is 59.2 cm³/mol. The van der Waals surface area contributed by atoms with Gasteiger partial charge in [-0.05, 0) is 24.0 Å². The molecule has 0 heterocycles. The normalized spacial score (nSPS) is 10.3. The summed E-state index contributed by atoms with van der Waals surface area (Å²) in [4.78, 5) is 0. The average molecular weight is 197 g/mol. The quantitative estimate of drug-likeness (QED) is 0.490. The van der Waals surface area contributed by atoms with Crippen molar-refractivity contribution in [3.8, 4) is 0 Å². The van der Waals surface area contributed by atoms with Crippen molar-refractivity contribution in [1.29, 1.82) is 0 Å². The van der Waals surface area contributed by atoms with Gasteiger partial charge in [0.05, 0.1) is 0 Å². The van der Waals surface area contributed by atoms with Crippen LogP contribution in [0.2, 0.25) is 0 Å². The van der Waals surface area contributed by atoms with Crippen molar-refractivity contribution >= 4 is 11.6 Å². The summed E-state index contributed by atoms with van der Waals surface area (Å²) >= 11 is 5.84. The summed E-state index contributed by atoms with van der Waals surface area (Å²) in [7, 11) is 0. The maximum absolute atomic E-state index is 5.84. The molecule has 0 atom stereocenters. The third-order valence-electron chi connectivity index (χ3n) is 2.31. The Labute approximate surface area is 85.9 Å². The first-order valence-electron chi connectivity index (χ1n) is 5.01. The maximum atomic E-state index is 5.84. The van der Waals surface area contributed by atoms with Gasteiger partial charge in [0.1, 0.15) is 0 Å². The summed E-state index contributed by atoms with van der Waals surface area (Å²) in [6.07, 6.45) is 5.06. The fourth-order valence-corrected chi connectivity index (χ4v) is 1.76. The Morgan fingerprint density at radius 2 is 1.77 bits per heavy atom. The third kappa shape index (κ3) is 3.40. The molecule has 0 saturated carbocycles. The topological polar surface area (TPSA) is 0 Å². The van der Waals surface area contributed by atoms with E-state index < -0.39 is 0 Å². The van der Waals surface area contributed by atoms with Crippen molar-refractivity contribution in [3.05, 3.63) is 35.4 Å². The molecule has 1 rings (SSSR count). The highest BCUT2D eigenvalue weighted by molar-refractivity contribution is 6.17. The van der Waals surface area contributed by atoms with Gasteiger partial charge in [-0.25, -0.2) is 0 Å². The largest absolute Gasteiger partial charge is 0.122 e. The Morgan fingerprint density at radius 1 is 1.08 bits per heavy atom. The molecular formula is C12H17Cl. The summed E-state index contributed by atoms with van der Waals surface area (Å²) in [5, 5.41) is 0. The Balaban J connectivity index is 2.54. The van der Waals surface area contributed by atoms with Gasteiger partial charge < -0.3 is 0 Å². The highest BCUT2D eigenvalue weighted by Crippen LogP contribution is 2.14. The number of benzene rings is 1. The van der Waals surface area contributed by atoms with Crippen LogP contribution in [0, 0.1) is 0 Å². The Kier molecular flexibility index (Phi) is 4.92. The van der Waals surface area contributed by atoms with Crippen LogP contribution in [0.15, 0.2) is 24.3 Å². The monoisotopic (exact) mass is 196 g/mol. The maximum Gasteiger partial charge on any atom is 0.0476 e. The number of hydrogen-bond acceptors (Lipinski definition) is 0. The predicted octanol–water partition coefficient (Wildman–Crippen LogP) is 4.16. The zero-order chi connectivity index (χ0) is 9.52. The molecule has 1 aromatic carbocycles. The van der Waals surface area contributed by atoms with Crippen LogP contribution in [-0.2, 0) is 12.3 Å². The fraction of sp³-hybridized carbons (Fsp3) is 0.500. The highest BCUT2D eigenvalue weighted by Gasteiger charge is 1.98. The van der Waals surface area contributed by atoms with E-state index in [1.165, 1.54) is 36.8 Å². The van der Waals surface area contributed by atoms with Gasteiger partial charge in [0, 0.05) is 5.88 Å². The van der Waals surface area contributed by atoms with E-state index in [4.69, 9.17) is 11.6 Å². The van der Waals surface area contributed by atoms with Crippen LogP contribution in [0.3, 0.4) is 0 Å². The van der Waals surface area contributed by atoms with E-state index in [2.05, 4.69) is 31.2 Å². The molecule has 0 amide bonds. The number of halogens is 1. The molecule has 0 aliphatic rings. The Hall–Kier alpha value is -0.490. The molecule has 1 aromatic rings. The van der Waals surface area contributed by atoms with Crippen LogP contribution in [0.1, 0.15) is 37.3 Å². The zero-order valence-electron chi connectivity index (χ0n) is 8.22. The second kappa shape index (κ2) is 6.04. The van der Waals surface area contributed by atoms with Gasteiger partial charge in [0.15, 0.2) is 0 Å². The number of alkyl halides is 1. The van der Waals surface area contributed by atoms with Crippen molar-refractivity contribution in [1.82, 2.24) is 0 Å². The SMILES string of the molecule is CCCCCc1ccccc1CCl. The van der Waals surface area contributed by atoms with E-state index >= 15 is 0 Å². The second-order valence-corrected chi connectivity index (χ2v) is 3.63. The highest BCUT2D eigenvalue weighted by atomic mass is 35.5. The van der Waals surface area contributed by atoms with Crippen LogP contribution >= 0.6 is 11.6 Å². The second-order valence-electron chi connectivity index (χ2n) is 3.36. The summed E-state index contributed by atoms with van der Waals surface area (Å²) in [5.74, 6) is 0.641. The van der Waals surface area contributed by atoms with E-state index in [0.29, 0.717) is 5.88 Å². The van der Waals surface area contributed by atoms with Crippen molar-refractivity contribution in [2.45, 2.75) is 38.5 Å². The molecule has 72 valence electrons. The third-order valence-corrected chi connectivity index (χ3v) is 2.60. The standard InChI is InChI=1S/C12H17Cl/c1-2-3-4-7-11-8-5-6-9-12(11)10-13/h5-6,8-9H,2-4,7,10H2,1H3. The molecule has 1 heteroatoms. The lowest BCUT2D eigenvalue weighted by Crippen LogP contribution is -1.91. The minimum absolute atomic E-state index is 0.641. The Morgan fingerprint density at radius 3 is 2.38 bits per heavy atom. The summed E-state index contributed by atoms with van der Waals surface area (Å²) < 4.78 is 0. The molecular weight excluding hydrogens is 180 g/mol. The van der Waals surface area contributed by atoms with Gasteiger partial charge in [0.25, 0.3) is 0 Å². The minimum Gasteiger partial charge on any atom is -0.122 e. The van der Waals surface area contributed by atoms with Crippen LogP contribution in [0.4, 0.5) is 0 Å². The molecule has 0 unspecified atom stereocenters. The molecule has 13 heavy (non-hydrogen) atoms. The van der Waals surface area contributed by atoms with E-state index in [1.807, 2.05) is 0 Å². The van der Waals surface area contributed by atoms with Gasteiger partial charge in [-0.2, -0.15) is 0 Å². The van der Waals surface area contributed by atoms with Crippen LogP contribution in [-0.4, -0.2) is 0 Å². The van der Waals surface area contributed by atoms with Gasteiger partial charge in [-0.1, -0.05) is 44.0 Å². The van der Waals surface area contributed by atoms with E-state index in [9.17, 15) is 0 Å². The molecule has 0 fully saturated rings. The molecule has 0 bridgehead atoms. The van der Waals surface area contributed by atoms with Crippen molar-refractivity contribution in [3.63, 3.8) is 0 Å². The average Bonchev–Trinajstić information content (AvgIpc) is 2.19. The minimum atomic E-state index is 0.641. The lowest BCUT2D eigenvalue weighted by molar-refractivity contribution is 0.715. The van der Waals surface area contributed by atoms with E-state index in [1.54, 1.807) is 0 Å². The van der Waals surface area contributed by atoms with Crippen molar-refractivity contribution in [2.24, 2.45) is 0 Å². The number of unbranched alkanes of at least 4 members (excludes halogenated alkanes) is 2. The smallest absolute Gasteiger partial charge is 0.0476 e. The van der Waals surface area contributed by atoms with Gasteiger partial charge >= 0.3 is 0 Å². The number of rotatable bonds is 5. The number of aryl methyl sites for hydroxylation is 1. The van der Waals surface area contributed by atoms with Crippen molar-refractivity contribution in [2.75, 3.05) is 0 Å². The molecule has 0 spiro atoms. The first-order valence-corrected chi connectivity index (χ1v) is 5.54. The van der Waals surface area contributed by atoms with Gasteiger partial charge in [-0.3, -0.25) is 0 Å². The van der Waals surface area contributed by atoms with Gasteiger partial charge in [0.2, 0.25) is 0 Å². The molecule has 0 saturated heterocycles. The lowest BCUT2D eigenvalue weighted by atomic mass is 10.0. The zero-order valence-corrected chi connectivity index (χ0v) is 8.98. The van der Waals surface area contributed by atoms with E-state index in [-0.39, 0.29) is 0 Å². The fourth-order valence-electron chi connectivity index (χ4n) is 1.50. The summed E-state index contributed by atoms with van der Waals surface area (Å²) in [5.41, 5.74) is 2.71. The molecule has 0 N–H and O–H groups in total. The van der Waals surface area contributed by atoms with Crippen molar-refractivity contribution < 1.29 is 0 Å². The lowest BCUT2D eigenvalue weighted by Gasteiger charge is -2.05. The summed E-state index contributed by atoms with van der Waals surface area (Å²) in [6.45, 7) is 2.23. The van der Waals surface area contributed by atoms with E-state index in [0.717, 1.165) is 0 Å². The van der Waals surface area contributed by atoms with Crippen LogP contribution in [0.25, 0.3) is 0 Å². The molecule has 0 aliphatic carbocycles. The molecule has 0 radical (unpaired) electrons. The van der Waals surface area contributed by atoms with Crippen LogP contribution < -0.4 is 0 Å². The molecule has 0 aliphatic heterocycles. The first-order chi connectivity index (χ1) is 6.38. The van der Waals surface area contributed by atoms with Crippen LogP contribution in [0.5, 0.6) is 0 Å². The Bertz CT molecular complexity index is 243. The molecule has 0 nitrogen and oxygen atoms in total. The molecule has 0 aromatic heterocycles. The van der Waals surface area contributed by atoms with Gasteiger partial charge in [-0.15, -0.1) is 11.6 Å². The number of hydrogen-bond donors (Lipinski definition) is 0. The summed E-state index contributed by atoms with van der Waals surface area (Å²) in [6, 6.07) is 8.46.